The molecule has 1 saturated heterocycles. The van der Waals surface area contributed by atoms with Crippen molar-refractivity contribution in [2.24, 2.45) is 5.92 Å². The number of nitrogens with zero attached hydrogens (tertiary/aromatic N) is 3. The number of aromatic nitrogens is 1. The van der Waals surface area contributed by atoms with Crippen molar-refractivity contribution in [1.82, 2.24) is 4.90 Å². The summed E-state index contributed by atoms with van der Waals surface area (Å²) in [5.41, 5.74) is 1.52. The quantitative estimate of drug-likeness (QED) is 0.393. The van der Waals surface area contributed by atoms with Crippen molar-refractivity contribution in [3.05, 3.63) is 58.4 Å². The van der Waals surface area contributed by atoms with Crippen LogP contribution in [0.5, 0.6) is 0 Å². The van der Waals surface area contributed by atoms with Gasteiger partial charge in [0.05, 0.1) is 9.82 Å². The topological polar surface area (TPSA) is 80.8 Å². The molecule has 1 N–H and O–H groups in total. The van der Waals surface area contributed by atoms with E-state index in [4.69, 9.17) is 0 Å². The van der Waals surface area contributed by atoms with Crippen LogP contribution in [0.15, 0.2) is 47.6 Å². The maximum absolute atomic E-state index is 12.9. The Morgan fingerprint density at radius 2 is 1.86 bits per heavy atom. The zero-order valence-corrected chi connectivity index (χ0v) is 17.7. The van der Waals surface area contributed by atoms with Crippen LogP contribution in [0.1, 0.15) is 30.6 Å². The van der Waals surface area contributed by atoms with Gasteiger partial charge >= 0.3 is 0 Å². The highest BCUT2D eigenvalue weighted by molar-refractivity contribution is 7.99. The molecule has 0 aliphatic carbocycles. The van der Waals surface area contributed by atoms with Crippen LogP contribution < -0.4 is 9.88 Å². The predicted octanol–water partition coefficient (Wildman–Crippen LogP) is 3.51. The molecule has 1 aliphatic heterocycles. The Kier molecular flexibility index (Phi) is 7.09. The van der Waals surface area contributed by atoms with Gasteiger partial charge in [-0.05, 0) is 30.2 Å². The number of carbonyl (C=O) groups is 1. The Labute approximate surface area is 175 Å². The first-order valence-electron chi connectivity index (χ1n) is 9.87. The average molecular weight is 416 g/mol. The number of rotatable bonds is 7. The van der Waals surface area contributed by atoms with Crippen LogP contribution in [-0.4, -0.2) is 47.7 Å². The van der Waals surface area contributed by atoms with Crippen molar-refractivity contribution < 1.29 is 14.7 Å². The normalized spacial score (nSPS) is 14.3. The number of aromatic amines is 1. The molecule has 7 nitrogen and oxygen atoms in total. The molecule has 0 spiro atoms. The highest BCUT2D eigenvalue weighted by atomic mass is 32.2. The molecule has 0 bridgehead atoms. The lowest BCUT2D eigenvalue weighted by molar-refractivity contribution is -0.387. The molecule has 2 heterocycles. The maximum atomic E-state index is 12.9. The van der Waals surface area contributed by atoms with Gasteiger partial charge < -0.3 is 9.80 Å². The van der Waals surface area contributed by atoms with E-state index >= 15 is 0 Å². The van der Waals surface area contributed by atoms with Crippen molar-refractivity contribution in [2.75, 3.05) is 36.8 Å². The second kappa shape index (κ2) is 9.73. The van der Waals surface area contributed by atoms with Gasteiger partial charge in [0.1, 0.15) is 0 Å². The molecule has 3 rings (SSSR count). The molecular weight excluding hydrogens is 388 g/mol. The zero-order valence-electron chi connectivity index (χ0n) is 16.8. The standard InChI is InChI=1S/C21H26N4O3S/c1-16(2)7-14-29-20-4-3-17(15-19(20)25(27)28)21(26)24-12-10-23(11-13-24)18-5-8-22-9-6-18/h3-6,8-9,15-16H,7,10-14H2,1-2H3/p+1. The van der Waals surface area contributed by atoms with Gasteiger partial charge in [0.15, 0.2) is 12.4 Å². The fourth-order valence-corrected chi connectivity index (χ4v) is 4.51. The Balaban J connectivity index is 1.66. The fraction of sp³-hybridized carbons (Fsp3) is 0.429. The van der Waals surface area contributed by atoms with Crippen LogP contribution in [0.2, 0.25) is 0 Å². The summed E-state index contributed by atoms with van der Waals surface area (Å²) in [6, 6.07) is 8.88. The molecule has 1 aromatic heterocycles. The molecule has 0 atom stereocenters. The number of thioether (sulfide) groups is 1. The minimum Gasteiger partial charge on any atom is -0.368 e. The minimum absolute atomic E-state index is 0.0174. The fourth-order valence-electron chi connectivity index (χ4n) is 3.26. The summed E-state index contributed by atoms with van der Waals surface area (Å²) >= 11 is 1.48. The molecule has 0 radical (unpaired) electrons. The van der Waals surface area contributed by atoms with E-state index in [0.29, 0.717) is 29.5 Å². The van der Waals surface area contributed by atoms with Crippen molar-refractivity contribution in [1.29, 1.82) is 0 Å². The lowest BCUT2D eigenvalue weighted by Crippen LogP contribution is -2.48. The number of nitrogens with one attached hydrogen (secondary N) is 1. The third-order valence-electron chi connectivity index (χ3n) is 4.99. The Hall–Kier alpha value is -2.61. The summed E-state index contributed by atoms with van der Waals surface area (Å²) in [6.07, 6.45) is 4.76. The molecule has 1 aliphatic rings. The summed E-state index contributed by atoms with van der Waals surface area (Å²) in [6.45, 7) is 6.92. The summed E-state index contributed by atoms with van der Waals surface area (Å²) in [7, 11) is 0. The van der Waals surface area contributed by atoms with E-state index in [1.165, 1.54) is 17.8 Å². The van der Waals surface area contributed by atoms with Gasteiger partial charge in [0, 0.05) is 55.6 Å². The van der Waals surface area contributed by atoms with Crippen LogP contribution in [0, 0.1) is 16.0 Å². The molecule has 1 fully saturated rings. The molecular formula is C21H27N4O3S+. The summed E-state index contributed by atoms with van der Waals surface area (Å²) in [5.74, 6) is 1.23. The van der Waals surface area contributed by atoms with E-state index in [1.807, 2.05) is 24.5 Å². The van der Waals surface area contributed by atoms with Crippen molar-refractivity contribution in [2.45, 2.75) is 25.2 Å². The first-order valence-corrected chi connectivity index (χ1v) is 10.9. The van der Waals surface area contributed by atoms with Gasteiger partial charge in [-0.25, -0.2) is 4.98 Å². The molecule has 8 heteroatoms. The lowest BCUT2D eigenvalue weighted by atomic mass is 10.1. The molecule has 2 aromatic rings. The Morgan fingerprint density at radius 3 is 2.48 bits per heavy atom. The molecule has 154 valence electrons. The number of benzene rings is 1. The van der Waals surface area contributed by atoms with E-state index in [9.17, 15) is 14.9 Å². The highest BCUT2D eigenvalue weighted by Gasteiger charge is 2.25. The maximum Gasteiger partial charge on any atom is 0.283 e. The molecule has 1 aromatic carbocycles. The number of nitro groups is 1. The number of nitro benzene ring substituents is 1. The van der Waals surface area contributed by atoms with Gasteiger partial charge in [-0.15, -0.1) is 11.8 Å². The third-order valence-corrected chi connectivity index (χ3v) is 6.08. The lowest BCUT2D eigenvalue weighted by Gasteiger charge is -2.35. The number of hydrogen-bond donors (Lipinski definition) is 0. The van der Waals surface area contributed by atoms with Crippen molar-refractivity contribution in [3.63, 3.8) is 0 Å². The van der Waals surface area contributed by atoms with E-state index < -0.39 is 4.92 Å². The van der Waals surface area contributed by atoms with Crippen LogP contribution >= 0.6 is 11.8 Å². The van der Waals surface area contributed by atoms with E-state index in [1.54, 1.807) is 17.0 Å². The minimum atomic E-state index is -0.390. The Morgan fingerprint density at radius 1 is 1.17 bits per heavy atom. The van der Waals surface area contributed by atoms with Crippen molar-refractivity contribution in [3.8, 4) is 0 Å². The second-order valence-electron chi connectivity index (χ2n) is 7.51. The number of H-pyrrole nitrogens is 1. The highest BCUT2D eigenvalue weighted by Crippen LogP contribution is 2.31. The number of pyridine rings is 1. The number of amides is 1. The third kappa shape index (κ3) is 5.47. The molecule has 0 unspecified atom stereocenters. The average Bonchev–Trinajstić information content (AvgIpc) is 2.74. The van der Waals surface area contributed by atoms with Crippen LogP contribution in [-0.2, 0) is 0 Å². The Bertz CT molecular complexity index is 852. The molecule has 0 saturated carbocycles. The summed E-state index contributed by atoms with van der Waals surface area (Å²) < 4.78 is 0. The zero-order chi connectivity index (χ0) is 20.8. The van der Waals surface area contributed by atoms with Gasteiger partial charge in [-0.2, -0.15) is 0 Å². The monoisotopic (exact) mass is 415 g/mol. The SMILES string of the molecule is CC(C)CCSc1ccc(C(=O)N2CCN(c3cc[nH+]cc3)CC2)cc1[N+](=O)[O-]. The smallest absolute Gasteiger partial charge is 0.283 e. The molecule has 1 amide bonds. The summed E-state index contributed by atoms with van der Waals surface area (Å²) in [5, 5.41) is 11.5. The van der Waals surface area contributed by atoms with Crippen LogP contribution in [0.25, 0.3) is 0 Å². The first kappa shape index (κ1) is 21.1. The van der Waals surface area contributed by atoms with Gasteiger partial charge in [-0.1, -0.05) is 13.8 Å². The number of carbonyl (C=O) groups excluding carboxylic acids is 1. The van der Waals surface area contributed by atoms with Gasteiger partial charge in [0.2, 0.25) is 0 Å². The largest absolute Gasteiger partial charge is 0.368 e. The first-order chi connectivity index (χ1) is 14.0. The molecule has 29 heavy (non-hydrogen) atoms. The predicted molar refractivity (Wildman–Crippen MR) is 114 cm³/mol. The van der Waals surface area contributed by atoms with Crippen LogP contribution in [0.3, 0.4) is 0 Å². The van der Waals surface area contributed by atoms with E-state index in [0.717, 1.165) is 31.0 Å². The number of anilines is 1. The van der Waals surface area contributed by atoms with Gasteiger partial charge in [0.25, 0.3) is 11.6 Å². The van der Waals surface area contributed by atoms with E-state index in [2.05, 4.69) is 23.7 Å². The van der Waals surface area contributed by atoms with Crippen LogP contribution in [0.4, 0.5) is 11.4 Å². The van der Waals surface area contributed by atoms with Crippen molar-refractivity contribution >= 4 is 29.0 Å². The van der Waals surface area contributed by atoms with Gasteiger partial charge in [-0.3, -0.25) is 14.9 Å². The second-order valence-corrected chi connectivity index (χ2v) is 8.64. The number of piperazine rings is 1. The van der Waals surface area contributed by atoms with E-state index in [-0.39, 0.29) is 11.6 Å². The summed E-state index contributed by atoms with van der Waals surface area (Å²) in [4.78, 5) is 31.7. The number of hydrogen-bond acceptors (Lipinski definition) is 5.